The molecule has 0 radical (unpaired) electrons. The van der Waals surface area contributed by atoms with E-state index in [9.17, 15) is 8.42 Å². The normalized spacial score (nSPS) is 11.7. The molecule has 0 atom stereocenters. The predicted octanol–water partition coefficient (Wildman–Crippen LogP) is 0.667. The van der Waals surface area contributed by atoms with Crippen molar-refractivity contribution >= 4 is 15.8 Å². The van der Waals surface area contributed by atoms with Crippen LogP contribution in [0.4, 0.5) is 5.82 Å². The van der Waals surface area contributed by atoms with E-state index in [0.29, 0.717) is 6.54 Å². The standard InChI is InChI=1S/C12H17N5O2S/c1-3-17-8-11(12(13)16-17)20(18,19)15-7-10-6-14-5-4-9(10)2/h4-6,8,15H,3,7H2,1-2H3,(H2,13,16). The van der Waals surface area contributed by atoms with Crippen molar-refractivity contribution in [1.29, 1.82) is 0 Å². The SMILES string of the molecule is CCn1cc(S(=O)(=O)NCc2cnccc2C)c(N)n1. The zero-order valence-corrected chi connectivity index (χ0v) is 12.2. The Morgan fingerprint density at radius 2 is 2.20 bits per heavy atom. The van der Waals surface area contributed by atoms with Gasteiger partial charge >= 0.3 is 0 Å². The van der Waals surface area contributed by atoms with Gasteiger partial charge in [-0.15, -0.1) is 0 Å². The zero-order valence-electron chi connectivity index (χ0n) is 11.4. The minimum Gasteiger partial charge on any atom is -0.381 e. The van der Waals surface area contributed by atoms with Crippen molar-refractivity contribution in [3.63, 3.8) is 0 Å². The van der Waals surface area contributed by atoms with Gasteiger partial charge in [-0.1, -0.05) is 0 Å². The van der Waals surface area contributed by atoms with Crippen molar-refractivity contribution in [2.45, 2.75) is 31.8 Å². The fourth-order valence-corrected chi connectivity index (χ4v) is 2.80. The molecule has 8 heteroatoms. The van der Waals surface area contributed by atoms with Crippen LogP contribution < -0.4 is 10.5 Å². The summed E-state index contributed by atoms with van der Waals surface area (Å²) in [6.07, 6.45) is 4.72. The molecule has 20 heavy (non-hydrogen) atoms. The molecule has 0 unspecified atom stereocenters. The number of sulfonamides is 1. The van der Waals surface area contributed by atoms with Crippen molar-refractivity contribution in [2.75, 3.05) is 5.73 Å². The van der Waals surface area contributed by atoms with Gasteiger partial charge in [-0.2, -0.15) is 5.10 Å². The third-order valence-corrected chi connectivity index (χ3v) is 4.39. The average molecular weight is 295 g/mol. The minimum atomic E-state index is -3.68. The van der Waals surface area contributed by atoms with E-state index in [1.54, 1.807) is 12.4 Å². The van der Waals surface area contributed by atoms with E-state index < -0.39 is 10.0 Å². The second kappa shape index (κ2) is 5.59. The highest BCUT2D eigenvalue weighted by atomic mass is 32.2. The predicted molar refractivity (Wildman–Crippen MR) is 75.3 cm³/mol. The summed E-state index contributed by atoms with van der Waals surface area (Å²) >= 11 is 0. The van der Waals surface area contributed by atoms with Crippen LogP contribution in [0, 0.1) is 6.92 Å². The van der Waals surface area contributed by atoms with Crippen LogP contribution in [0.25, 0.3) is 0 Å². The second-order valence-corrected chi connectivity index (χ2v) is 6.10. The van der Waals surface area contributed by atoms with Gasteiger partial charge in [0, 0.05) is 31.7 Å². The number of nitrogens with zero attached hydrogens (tertiary/aromatic N) is 3. The molecule has 0 saturated carbocycles. The maximum Gasteiger partial charge on any atom is 0.246 e. The summed E-state index contributed by atoms with van der Waals surface area (Å²) < 4.78 is 28.4. The lowest BCUT2D eigenvalue weighted by atomic mass is 10.2. The minimum absolute atomic E-state index is 0.000827. The maximum atomic E-state index is 12.2. The molecule has 2 aromatic rings. The van der Waals surface area contributed by atoms with Gasteiger partial charge in [0.1, 0.15) is 4.90 Å². The Labute approximate surface area is 117 Å². The molecule has 7 nitrogen and oxygen atoms in total. The van der Waals surface area contributed by atoms with E-state index in [1.807, 2.05) is 19.9 Å². The van der Waals surface area contributed by atoms with Crippen molar-refractivity contribution < 1.29 is 8.42 Å². The van der Waals surface area contributed by atoms with Gasteiger partial charge in [0.05, 0.1) is 0 Å². The summed E-state index contributed by atoms with van der Waals surface area (Å²) in [7, 11) is -3.68. The molecule has 0 fully saturated rings. The molecule has 2 rings (SSSR count). The van der Waals surface area contributed by atoms with Crippen LogP contribution in [0.15, 0.2) is 29.6 Å². The van der Waals surface area contributed by atoms with Crippen LogP contribution in [0.3, 0.4) is 0 Å². The van der Waals surface area contributed by atoms with Gasteiger partial charge < -0.3 is 5.73 Å². The first-order chi connectivity index (χ1) is 9.44. The summed E-state index contributed by atoms with van der Waals surface area (Å²) in [5, 5.41) is 3.93. The van der Waals surface area contributed by atoms with Crippen molar-refractivity contribution in [2.24, 2.45) is 0 Å². The Bertz CT molecular complexity index is 708. The Morgan fingerprint density at radius 3 is 2.80 bits per heavy atom. The van der Waals surface area contributed by atoms with E-state index in [-0.39, 0.29) is 17.3 Å². The lowest BCUT2D eigenvalue weighted by Gasteiger charge is -2.07. The third kappa shape index (κ3) is 2.97. The Morgan fingerprint density at radius 1 is 1.45 bits per heavy atom. The average Bonchev–Trinajstić information content (AvgIpc) is 2.80. The van der Waals surface area contributed by atoms with Crippen LogP contribution in [0.1, 0.15) is 18.1 Å². The second-order valence-electron chi connectivity index (χ2n) is 4.36. The molecule has 0 aliphatic rings. The summed E-state index contributed by atoms with van der Waals surface area (Å²) in [6, 6.07) is 1.83. The van der Waals surface area contributed by atoms with Gasteiger partial charge in [-0.3, -0.25) is 9.67 Å². The Kier molecular flexibility index (Phi) is 4.05. The lowest BCUT2D eigenvalue weighted by Crippen LogP contribution is -2.24. The molecule has 0 bridgehead atoms. The summed E-state index contributed by atoms with van der Waals surface area (Å²) in [4.78, 5) is 3.98. The molecular weight excluding hydrogens is 278 g/mol. The van der Waals surface area contributed by atoms with E-state index in [2.05, 4.69) is 14.8 Å². The van der Waals surface area contributed by atoms with Crippen LogP contribution in [0.2, 0.25) is 0 Å². The van der Waals surface area contributed by atoms with Crippen molar-refractivity contribution in [3.05, 3.63) is 35.8 Å². The number of aromatic nitrogens is 3. The van der Waals surface area contributed by atoms with Crippen molar-refractivity contribution in [3.8, 4) is 0 Å². The van der Waals surface area contributed by atoms with Gasteiger partial charge in [0.25, 0.3) is 0 Å². The summed E-state index contributed by atoms with van der Waals surface area (Å²) in [5.41, 5.74) is 7.43. The quantitative estimate of drug-likeness (QED) is 0.843. The molecule has 0 spiro atoms. The maximum absolute atomic E-state index is 12.2. The molecule has 0 aliphatic heterocycles. The Hall–Kier alpha value is -1.93. The largest absolute Gasteiger partial charge is 0.381 e. The molecule has 2 aromatic heterocycles. The highest BCUT2D eigenvalue weighted by Gasteiger charge is 2.20. The van der Waals surface area contributed by atoms with E-state index in [4.69, 9.17) is 5.73 Å². The first-order valence-electron chi connectivity index (χ1n) is 6.16. The lowest BCUT2D eigenvalue weighted by molar-refractivity contribution is 0.581. The molecule has 0 aromatic carbocycles. The number of nitrogen functional groups attached to an aromatic ring is 1. The number of anilines is 1. The van der Waals surface area contributed by atoms with Crippen LogP contribution in [-0.4, -0.2) is 23.2 Å². The number of nitrogens with two attached hydrogens (primary N) is 1. The molecule has 3 N–H and O–H groups in total. The van der Waals surface area contributed by atoms with Gasteiger partial charge in [-0.25, -0.2) is 13.1 Å². The number of rotatable bonds is 5. The molecule has 0 saturated heterocycles. The number of pyridine rings is 1. The summed E-state index contributed by atoms with van der Waals surface area (Å²) in [6.45, 7) is 4.48. The molecule has 2 heterocycles. The van der Waals surface area contributed by atoms with Crippen LogP contribution >= 0.6 is 0 Å². The Balaban J connectivity index is 2.19. The number of aryl methyl sites for hydroxylation is 2. The van der Waals surface area contributed by atoms with Gasteiger partial charge in [0.2, 0.25) is 10.0 Å². The van der Waals surface area contributed by atoms with Gasteiger partial charge in [-0.05, 0) is 31.0 Å². The molecule has 0 amide bonds. The zero-order chi connectivity index (χ0) is 14.8. The van der Waals surface area contributed by atoms with Crippen LogP contribution in [-0.2, 0) is 23.1 Å². The van der Waals surface area contributed by atoms with Crippen LogP contribution in [0.5, 0.6) is 0 Å². The van der Waals surface area contributed by atoms with E-state index in [0.717, 1.165) is 11.1 Å². The topological polar surface area (TPSA) is 103 Å². The smallest absolute Gasteiger partial charge is 0.246 e. The highest BCUT2D eigenvalue weighted by Crippen LogP contribution is 2.16. The number of hydrogen-bond acceptors (Lipinski definition) is 5. The first-order valence-corrected chi connectivity index (χ1v) is 7.64. The molecular formula is C12H17N5O2S. The fraction of sp³-hybridized carbons (Fsp3) is 0.333. The fourth-order valence-electron chi connectivity index (χ4n) is 1.72. The van der Waals surface area contributed by atoms with E-state index in [1.165, 1.54) is 10.9 Å². The summed E-state index contributed by atoms with van der Waals surface area (Å²) in [5.74, 6) is 0.00209. The first kappa shape index (κ1) is 14.5. The van der Waals surface area contributed by atoms with Gasteiger partial charge in [0.15, 0.2) is 5.82 Å². The monoisotopic (exact) mass is 295 g/mol. The van der Waals surface area contributed by atoms with Crippen molar-refractivity contribution in [1.82, 2.24) is 19.5 Å². The number of hydrogen-bond donors (Lipinski definition) is 2. The molecule has 108 valence electrons. The molecule has 0 aliphatic carbocycles. The third-order valence-electron chi connectivity index (χ3n) is 2.97. The number of nitrogens with one attached hydrogen (secondary N) is 1. The highest BCUT2D eigenvalue weighted by molar-refractivity contribution is 7.89. The van der Waals surface area contributed by atoms with E-state index >= 15 is 0 Å².